The van der Waals surface area contributed by atoms with Gasteiger partial charge in [-0.1, -0.05) is 0 Å². The highest BCUT2D eigenvalue weighted by Crippen LogP contribution is 2.31. The molecule has 0 aromatic heterocycles. The highest BCUT2D eigenvalue weighted by Gasteiger charge is 2.31. The van der Waals surface area contributed by atoms with Crippen LogP contribution >= 0.6 is 12.4 Å². The average molecular weight is 366 g/mol. The predicted molar refractivity (Wildman–Crippen MR) is 87.7 cm³/mol. The third-order valence-electron chi connectivity index (χ3n) is 3.78. The zero-order chi connectivity index (χ0) is 16.3. The van der Waals surface area contributed by atoms with Gasteiger partial charge >= 0.3 is 5.69 Å². The molecule has 1 aliphatic rings. The van der Waals surface area contributed by atoms with Gasteiger partial charge in [0.2, 0.25) is 10.0 Å². The summed E-state index contributed by atoms with van der Waals surface area (Å²) in [6, 6.07) is 3.73. The van der Waals surface area contributed by atoms with Gasteiger partial charge in [-0.15, -0.1) is 12.4 Å². The van der Waals surface area contributed by atoms with Gasteiger partial charge < -0.3 is 10.1 Å². The van der Waals surface area contributed by atoms with Crippen molar-refractivity contribution in [3.8, 4) is 5.75 Å². The van der Waals surface area contributed by atoms with Crippen molar-refractivity contribution < 1.29 is 18.1 Å². The van der Waals surface area contributed by atoms with Crippen molar-refractivity contribution >= 4 is 28.1 Å². The maximum atomic E-state index is 12.7. The van der Waals surface area contributed by atoms with Gasteiger partial charge in [-0.05, 0) is 26.0 Å². The largest absolute Gasteiger partial charge is 0.490 e. The average Bonchev–Trinajstić information content (AvgIpc) is 2.54. The number of benzene rings is 1. The quantitative estimate of drug-likeness (QED) is 0.625. The minimum absolute atomic E-state index is 0. The number of piperidine rings is 1. The zero-order valence-corrected chi connectivity index (χ0v) is 14.5. The highest BCUT2D eigenvalue weighted by atomic mass is 35.5. The normalized spacial score (nSPS) is 19.0. The first-order chi connectivity index (χ1) is 10.4. The molecule has 0 aliphatic carbocycles. The molecule has 1 N–H and O–H groups in total. The molecule has 0 bridgehead atoms. The number of likely N-dealkylation sites (N-methyl/N-ethyl adjacent to an activating group) is 1. The van der Waals surface area contributed by atoms with E-state index in [4.69, 9.17) is 4.74 Å². The standard InChI is InChI=1S/C13H19N3O5S.ClH/c1-14-10-4-3-7-15(9-10)22(19,20)11-5-6-12(16(17)18)13(8-11)21-2;/h5-6,8,10,14H,3-4,7,9H2,1-2H3;1H. The Labute approximate surface area is 141 Å². The van der Waals surface area contributed by atoms with Crippen LogP contribution in [-0.2, 0) is 10.0 Å². The van der Waals surface area contributed by atoms with E-state index in [1.54, 1.807) is 7.05 Å². The number of rotatable bonds is 5. The molecule has 0 saturated carbocycles. The fourth-order valence-electron chi connectivity index (χ4n) is 2.51. The number of hydrogen-bond acceptors (Lipinski definition) is 6. The molecular weight excluding hydrogens is 346 g/mol. The first kappa shape index (κ1) is 19.6. The second-order valence-electron chi connectivity index (χ2n) is 5.08. The van der Waals surface area contributed by atoms with E-state index in [0.717, 1.165) is 18.9 Å². The summed E-state index contributed by atoms with van der Waals surface area (Å²) in [7, 11) is -0.614. The Hall–Kier alpha value is -1.42. The lowest BCUT2D eigenvalue weighted by atomic mass is 10.1. The lowest BCUT2D eigenvalue weighted by Gasteiger charge is -2.31. The molecule has 1 aliphatic heterocycles. The number of methoxy groups -OCH3 is 1. The monoisotopic (exact) mass is 365 g/mol. The van der Waals surface area contributed by atoms with E-state index in [0.29, 0.717) is 13.1 Å². The number of nitro benzene ring substituents is 1. The lowest BCUT2D eigenvalue weighted by Crippen LogP contribution is -2.46. The minimum Gasteiger partial charge on any atom is -0.490 e. The molecule has 1 aromatic carbocycles. The van der Waals surface area contributed by atoms with Crippen molar-refractivity contribution in [1.29, 1.82) is 0 Å². The third kappa shape index (κ3) is 4.11. The Bertz CT molecular complexity index is 668. The first-order valence-electron chi connectivity index (χ1n) is 6.90. The van der Waals surface area contributed by atoms with Crippen LogP contribution in [0.25, 0.3) is 0 Å². The van der Waals surface area contributed by atoms with Gasteiger partial charge in [0, 0.05) is 31.3 Å². The molecule has 1 saturated heterocycles. The van der Waals surface area contributed by atoms with Crippen LogP contribution in [0.5, 0.6) is 5.75 Å². The fourth-order valence-corrected chi connectivity index (χ4v) is 4.05. The molecule has 0 radical (unpaired) electrons. The molecule has 1 fully saturated rings. The number of nitrogens with one attached hydrogen (secondary N) is 1. The Morgan fingerprint density at radius 1 is 1.43 bits per heavy atom. The van der Waals surface area contributed by atoms with Crippen LogP contribution in [0, 0.1) is 10.1 Å². The minimum atomic E-state index is -3.69. The van der Waals surface area contributed by atoms with Crippen LogP contribution in [0.15, 0.2) is 23.1 Å². The van der Waals surface area contributed by atoms with E-state index in [9.17, 15) is 18.5 Å². The molecule has 8 nitrogen and oxygen atoms in total. The van der Waals surface area contributed by atoms with Crippen LogP contribution in [-0.4, -0.2) is 50.9 Å². The summed E-state index contributed by atoms with van der Waals surface area (Å²) in [5.74, 6) is -0.0618. The van der Waals surface area contributed by atoms with E-state index in [1.165, 1.54) is 23.5 Å². The van der Waals surface area contributed by atoms with E-state index >= 15 is 0 Å². The van der Waals surface area contributed by atoms with Crippen molar-refractivity contribution in [2.24, 2.45) is 0 Å². The highest BCUT2D eigenvalue weighted by molar-refractivity contribution is 7.89. The van der Waals surface area contributed by atoms with E-state index in [1.807, 2.05) is 0 Å². The van der Waals surface area contributed by atoms with Crippen LogP contribution in [0.3, 0.4) is 0 Å². The topological polar surface area (TPSA) is 102 Å². The number of nitrogens with zero attached hydrogens (tertiary/aromatic N) is 2. The molecule has 130 valence electrons. The fraction of sp³-hybridized carbons (Fsp3) is 0.538. The van der Waals surface area contributed by atoms with Gasteiger partial charge in [0.15, 0.2) is 5.75 Å². The molecule has 2 rings (SSSR count). The number of hydrogen-bond donors (Lipinski definition) is 1. The second-order valence-corrected chi connectivity index (χ2v) is 7.02. The second kappa shape index (κ2) is 7.91. The molecule has 0 amide bonds. The van der Waals surface area contributed by atoms with Gasteiger partial charge in [-0.2, -0.15) is 4.31 Å². The third-order valence-corrected chi connectivity index (χ3v) is 5.64. The molecule has 0 spiro atoms. The Kier molecular flexibility index (Phi) is 6.75. The van der Waals surface area contributed by atoms with Gasteiger partial charge in [0.25, 0.3) is 0 Å². The molecule has 1 unspecified atom stereocenters. The number of nitro groups is 1. The maximum Gasteiger partial charge on any atom is 0.310 e. The molecule has 1 atom stereocenters. The van der Waals surface area contributed by atoms with Crippen LogP contribution in [0.4, 0.5) is 5.69 Å². The summed E-state index contributed by atoms with van der Waals surface area (Å²) < 4.78 is 31.7. The van der Waals surface area contributed by atoms with Gasteiger partial charge in [-0.25, -0.2) is 8.42 Å². The number of ether oxygens (including phenoxy) is 1. The molecular formula is C13H20ClN3O5S. The maximum absolute atomic E-state index is 12.7. The van der Waals surface area contributed by atoms with Gasteiger partial charge in [-0.3, -0.25) is 10.1 Å². The summed E-state index contributed by atoms with van der Waals surface area (Å²) in [4.78, 5) is 10.3. The summed E-state index contributed by atoms with van der Waals surface area (Å²) in [6.07, 6.45) is 1.70. The van der Waals surface area contributed by atoms with Crippen LogP contribution < -0.4 is 10.1 Å². The van der Waals surface area contributed by atoms with Crippen molar-refractivity contribution in [2.45, 2.75) is 23.8 Å². The summed E-state index contributed by atoms with van der Waals surface area (Å²) in [5, 5.41) is 14.0. The Balaban J connectivity index is 0.00000264. The predicted octanol–water partition coefficient (Wildman–Crippen LogP) is 1.40. The smallest absolute Gasteiger partial charge is 0.310 e. The van der Waals surface area contributed by atoms with Crippen LogP contribution in [0.2, 0.25) is 0 Å². The van der Waals surface area contributed by atoms with Crippen molar-refractivity contribution in [3.05, 3.63) is 28.3 Å². The number of sulfonamides is 1. The Morgan fingerprint density at radius 3 is 2.70 bits per heavy atom. The molecule has 1 aromatic rings. The summed E-state index contributed by atoms with van der Waals surface area (Å²) in [5.41, 5.74) is -0.256. The van der Waals surface area contributed by atoms with Gasteiger partial charge in [0.1, 0.15) is 0 Å². The van der Waals surface area contributed by atoms with Crippen molar-refractivity contribution in [1.82, 2.24) is 9.62 Å². The number of halogens is 1. The van der Waals surface area contributed by atoms with Crippen molar-refractivity contribution in [3.63, 3.8) is 0 Å². The van der Waals surface area contributed by atoms with Gasteiger partial charge in [0.05, 0.1) is 16.9 Å². The first-order valence-corrected chi connectivity index (χ1v) is 8.34. The molecule has 23 heavy (non-hydrogen) atoms. The van der Waals surface area contributed by atoms with Crippen molar-refractivity contribution in [2.75, 3.05) is 27.2 Å². The Morgan fingerprint density at radius 2 is 2.13 bits per heavy atom. The summed E-state index contributed by atoms with van der Waals surface area (Å²) >= 11 is 0. The lowest BCUT2D eigenvalue weighted by molar-refractivity contribution is -0.385. The van der Waals surface area contributed by atoms with Crippen LogP contribution in [0.1, 0.15) is 12.8 Å². The van der Waals surface area contributed by atoms with E-state index in [-0.39, 0.29) is 34.8 Å². The molecule has 10 heteroatoms. The van der Waals surface area contributed by atoms with E-state index in [2.05, 4.69) is 5.32 Å². The van der Waals surface area contributed by atoms with E-state index < -0.39 is 14.9 Å². The SMILES string of the molecule is CNC1CCCN(S(=O)(=O)c2ccc([N+](=O)[O-])c(OC)c2)C1.Cl. The summed E-state index contributed by atoms with van der Waals surface area (Å²) in [6.45, 7) is 0.831. The zero-order valence-electron chi connectivity index (χ0n) is 12.9. The molecule has 1 heterocycles.